The van der Waals surface area contributed by atoms with Crippen LogP contribution in [0.4, 0.5) is 0 Å². The molecule has 1 aromatic heterocycles. The molecule has 0 aromatic carbocycles. The van der Waals surface area contributed by atoms with Crippen LogP contribution in [0.5, 0.6) is 0 Å². The van der Waals surface area contributed by atoms with Crippen LogP contribution in [0.25, 0.3) is 0 Å². The number of hydrogen-bond acceptors (Lipinski definition) is 3. The van der Waals surface area contributed by atoms with Crippen molar-refractivity contribution in [2.45, 2.75) is 26.9 Å². The molecule has 2 heterocycles. The summed E-state index contributed by atoms with van der Waals surface area (Å²) in [6.45, 7) is 6.18. The van der Waals surface area contributed by atoms with Crippen LogP contribution in [-0.4, -0.2) is 51.5 Å². The van der Waals surface area contributed by atoms with Crippen LogP contribution in [0.2, 0.25) is 0 Å². The molecule has 104 valence electrons. The topological polar surface area (TPSA) is 58.4 Å². The zero-order valence-electron chi connectivity index (χ0n) is 11.3. The highest BCUT2D eigenvalue weighted by atomic mass is 79.9. The number of carbonyl (C=O) groups excluding carboxylic acids is 2. The molecular formula is C12H17BrN4O2. The van der Waals surface area contributed by atoms with Crippen molar-refractivity contribution in [3.05, 3.63) is 15.9 Å². The molecule has 1 aliphatic heterocycles. The SMILES string of the molecule is CCn1nc(C)c(Br)c1CN1CCN(C)C(=O)C1=O. The minimum absolute atomic E-state index is 0.410. The van der Waals surface area contributed by atoms with Crippen molar-refractivity contribution in [2.24, 2.45) is 0 Å². The first-order valence-electron chi connectivity index (χ1n) is 6.21. The van der Waals surface area contributed by atoms with Crippen LogP contribution in [0.1, 0.15) is 18.3 Å². The molecule has 6 nitrogen and oxygen atoms in total. The number of carbonyl (C=O) groups is 2. The highest BCUT2D eigenvalue weighted by Crippen LogP contribution is 2.23. The molecular weight excluding hydrogens is 312 g/mol. The second-order valence-electron chi connectivity index (χ2n) is 4.62. The first-order chi connectivity index (χ1) is 8.95. The standard InChI is InChI=1S/C12H17BrN4O2/c1-4-17-9(10(13)8(2)14-17)7-16-6-5-15(3)11(18)12(16)19/h4-7H2,1-3H3. The molecule has 7 heteroatoms. The summed E-state index contributed by atoms with van der Waals surface area (Å²) in [7, 11) is 1.65. The molecule has 1 saturated heterocycles. The maximum absolute atomic E-state index is 11.9. The number of likely N-dealkylation sites (N-methyl/N-ethyl adjacent to an activating group) is 1. The second-order valence-corrected chi connectivity index (χ2v) is 5.41. The van der Waals surface area contributed by atoms with Gasteiger partial charge in [0.05, 0.1) is 22.4 Å². The Morgan fingerprint density at radius 3 is 2.58 bits per heavy atom. The Morgan fingerprint density at radius 1 is 1.26 bits per heavy atom. The van der Waals surface area contributed by atoms with Crippen LogP contribution >= 0.6 is 15.9 Å². The van der Waals surface area contributed by atoms with Gasteiger partial charge in [-0.2, -0.15) is 5.10 Å². The van der Waals surface area contributed by atoms with Gasteiger partial charge in [-0.1, -0.05) is 0 Å². The molecule has 19 heavy (non-hydrogen) atoms. The Kier molecular flexibility index (Phi) is 3.93. The Labute approximate surface area is 120 Å². The normalized spacial score (nSPS) is 16.4. The van der Waals surface area contributed by atoms with E-state index in [4.69, 9.17) is 0 Å². The lowest BCUT2D eigenvalue weighted by Gasteiger charge is -2.31. The molecule has 1 aromatic rings. The molecule has 0 unspecified atom stereocenters. The second kappa shape index (κ2) is 5.32. The van der Waals surface area contributed by atoms with E-state index in [1.54, 1.807) is 11.9 Å². The third-order valence-electron chi connectivity index (χ3n) is 3.32. The number of rotatable bonds is 3. The molecule has 1 fully saturated rings. The summed E-state index contributed by atoms with van der Waals surface area (Å²) < 4.78 is 2.77. The van der Waals surface area contributed by atoms with Gasteiger partial charge in [-0.3, -0.25) is 14.3 Å². The summed E-state index contributed by atoms with van der Waals surface area (Å²) >= 11 is 3.50. The molecule has 0 radical (unpaired) electrons. The third kappa shape index (κ3) is 2.51. The smallest absolute Gasteiger partial charge is 0.312 e. The number of aryl methyl sites for hydroxylation is 2. The van der Waals surface area contributed by atoms with Gasteiger partial charge in [-0.15, -0.1) is 0 Å². The minimum atomic E-state index is -0.443. The zero-order chi connectivity index (χ0) is 14.2. The summed E-state index contributed by atoms with van der Waals surface area (Å²) in [6.07, 6.45) is 0. The molecule has 0 spiro atoms. The first-order valence-corrected chi connectivity index (χ1v) is 7.01. The predicted octanol–water partition coefficient (Wildman–Crippen LogP) is 0.775. The number of hydrogen-bond donors (Lipinski definition) is 0. The fourth-order valence-electron chi connectivity index (χ4n) is 2.12. The molecule has 0 atom stereocenters. The van der Waals surface area contributed by atoms with Crippen LogP contribution in [0.15, 0.2) is 4.47 Å². The lowest BCUT2D eigenvalue weighted by molar-refractivity contribution is -0.155. The van der Waals surface area contributed by atoms with Gasteiger partial charge < -0.3 is 9.80 Å². The Balaban J connectivity index is 2.22. The van der Waals surface area contributed by atoms with Crippen molar-refractivity contribution in [3.8, 4) is 0 Å². The Bertz CT molecular complexity index is 526. The number of nitrogens with zero attached hydrogens (tertiary/aromatic N) is 4. The van der Waals surface area contributed by atoms with Crippen molar-refractivity contribution >= 4 is 27.7 Å². The van der Waals surface area contributed by atoms with Crippen LogP contribution < -0.4 is 0 Å². The molecule has 0 N–H and O–H groups in total. The van der Waals surface area contributed by atoms with E-state index < -0.39 is 11.8 Å². The van der Waals surface area contributed by atoms with E-state index in [2.05, 4.69) is 21.0 Å². The number of halogens is 1. The number of piperazine rings is 1. The highest BCUT2D eigenvalue weighted by molar-refractivity contribution is 9.10. The van der Waals surface area contributed by atoms with Gasteiger partial charge in [-0.05, 0) is 29.8 Å². The zero-order valence-corrected chi connectivity index (χ0v) is 12.9. The van der Waals surface area contributed by atoms with Crippen molar-refractivity contribution in [1.82, 2.24) is 19.6 Å². The molecule has 0 saturated carbocycles. The fourth-order valence-corrected chi connectivity index (χ4v) is 2.53. The van der Waals surface area contributed by atoms with Gasteiger partial charge in [0.2, 0.25) is 0 Å². The van der Waals surface area contributed by atoms with Crippen LogP contribution in [0.3, 0.4) is 0 Å². The molecule has 0 aliphatic carbocycles. The van der Waals surface area contributed by atoms with Gasteiger partial charge in [0.15, 0.2) is 0 Å². The van der Waals surface area contributed by atoms with Gasteiger partial charge >= 0.3 is 11.8 Å². The van der Waals surface area contributed by atoms with Gasteiger partial charge in [0.1, 0.15) is 0 Å². The summed E-state index contributed by atoms with van der Waals surface area (Å²) in [5.74, 6) is -0.885. The largest absolute Gasteiger partial charge is 0.336 e. The molecule has 0 bridgehead atoms. The van der Waals surface area contributed by atoms with Crippen LogP contribution in [-0.2, 0) is 22.7 Å². The molecule has 1 aliphatic rings. The lowest BCUT2D eigenvalue weighted by Crippen LogP contribution is -2.52. The van der Waals surface area contributed by atoms with E-state index in [1.165, 1.54) is 4.90 Å². The van der Waals surface area contributed by atoms with Crippen molar-refractivity contribution in [2.75, 3.05) is 20.1 Å². The van der Waals surface area contributed by atoms with Crippen molar-refractivity contribution < 1.29 is 9.59 Å². The van der Waals surface area contributed by atoms with E-state index in [-0.39, 0.29) is 0 Å². The predicted molar refractivity (Wildman–Crippen MR) is 73.4 cm³/mol. The first kappa shape index (κ1) is 14.0. The van der Waals surface area contributed by atoms with Crippen LogP contribution in [0, 0.1) is 6.92 Å². The molecule has 2 rings (SSSR count). The Hall–Kier alpha value is -1.37. The summed E-state index contributed by atoms with van der Waals surface area (Å²) in [6, 6.07) is 0. The van der Waals surface area contributed by atoms with Crippen molar-refractivity contribution in [3.63, 3.8) is 0 Å². The van der Waals surface area contributed by atoms with Gasteiger partial charge in [0, 0.05) is 26.7 Å². The highest BCUT2D eigenvalue weighted by Gasteiger charge is 2.31. The summed E-state index contributed by atoms with van der Waals surface area (Å²) in [4.78, 5) is 26.7. The lowest BCUT2D eigenvalue weighted by atomic mass is 10.2. The average Bonchev–Trinajstić information content (AvgIpc) is 2.66. The summed E-state index contributed by atoms with van der Waals surface area (Å²) in [5.41, 5.74) is 1.83. The van der Waals surface area contributed by atoms with Gasteiger partial charge in [0.25, 0.3) is 0 Å². The van der Waals surface area contributed by atoms with E-state index in [0.29, 0.717) is 19.6 Å². The maximum atomic E-state index is 11.9. The van der Waals surface area contributed by atoms with Gasteiger partial charge in [-0.25, -0.2) is 0 Å². The van der Waals surface area contributed by atoms with E-state index in [9.17, 15) is 9.59 Å². The quantitative estimate of drug-likeness (QED) is 0.770. The monoisotopic (exact) mass is 328 g/mol. The molecule has 2 amide bonds. The van der Waals surface area contributed by atoms with E-state index in [0.717, 1.165) is 22.4 Å². The fraction of sp³-hybridized carbons (Fsp3) is 0.583. The Morgan fingerprint density at radius 2 is 1.95 bits per heavy atom. The number of aromatic nitrogens is 2. The van der Waals surface area contributed by atoms with Crippen molar-refractivity contribution in [1.29, 1.82) is 0 Å². The maximum Gasteiger partial charge on any atom is 0.312 e. The number of amides is 2. The third-order valence-corrected chi connectivity index (χ3v) is 4.35. The van der Waals surface area contributed by atoms with E-state index in [1.807, 2.05) is 18.5 Å². The average molecular weight is 329 g/mol. The van der Waals surface area contributed by atoms with E-state index >= 15 is 0 Å². The summed E-state index contributed by atoms with van der Waals surface area (Å²) in [5, 5.41) is 4.39. The minimum Gasteiger partial charge on any atom is -0.336 e.